The largest absolute Gasteiger partial charge is 0.382 e. The Labute approximate surface area is 107 Å². The minimum atomic E-state index is 0.373. The van der Waals surface area contributed by atoms with Crippen molar-refractivity contribution in [1.29, 1.82) is 0 Å². The molecule has 0 fully saturated rings. The first-order chi connectivity index (χ1) is 8.16. The highest BCUT2D eigenvalue weighted by molar-refractivity contribution is 7.71. The maximum atomic E-state index is 5.41. The molecule has 5 nitrogen and oxygen atoms in total. The summed E-state index contributed by atoms with van der Waals surface area (Å²) in [7, 11) is 1.67. The number of aromatic amines is 1. The molecule has 0 aromatic carbocycles. The molecule has 0 saturated carbocycles. The van der Waals surface area contributed by atoms with E-state index in [0.717, 1.165) is 18.8 Å². The van der Waals surface area contributed by atoms with E-state index in [9.17, 15) is 0 Å². The quantitative estimate of drug-likeness (QED) is 0.574. The zero-order valence-electron chi connectivity index (χ0n) is 10.7. The number of H-pyrrole nitrogens is 1. The van der Waals surface area contributed by atoms with Gasteiger partial charge in [-0.05, 0) is 18.6 Å². The Morgan fingerprint density at radius 2 is 2.12 bits per heavy atom. The first-order valence-corrected chi connectivity index (χ1v) is 6.29. The standard InChI is InChI=1S/C11H21N3O2S/c1-9(2)10-12-13-11(17)14(10)5-4-6-16-8-7-15-3/h9H,4-8H2,1-3H3,(H,13,17). The van der Waals surface area contributed by atoms with Crippen LogP contribution in [0.4, 0.5) is 0 Å². The van der Waals surface area contributed by atoms with Crippen LogP contribution in [0, 0.1) is 4.77 Å². The molecule has 0 bridgehead atoms. The van der Waals surface area contributed by atoms with Crippen molar-refractivity contribution in [2.45, 2.75) is 32.7 Å². The van der Waals surface area contributed by atoms with E-state index in [-0.39, 0.29) is 0 Å². The average Bonchev–Trinajstić information content (AvgIpc) is 2.65. The number of nitrogens with one attached hydrogen (secondary N) is 1. The van der Waals surface area contributed by atoms with Crippen molar-refractivity contribution in [3.63, 3.8) is 0 Å². The van der Waals surface area contributed by atoms with Gasteiger partial charge in [0, 0.05) is 26.2 Å². The Bertz CT molecular complexity index is 373. The van der Waals surface area contributed by atoms with E-state index in [2.05, 4.69) is 24.0 Å². The predicted octanol–water partition coefficient (Wildman–Crippen LogP) is 2.12. The SMILES string of the molecule is COCCOCCCn1c(C(C)C)n[nH]c1=S. The second-order valence-corrected chi connectivity index (χ2v) is 4.54. The predicted molar refractivity (Wildman–Crippen MR) is 68.8 cm³/mol. The summed E-state index contributed by atoms with van der Waals surface area (Å²) in [5.74, 6) is 1.38. The minimum Gasteiger partial charge on any atom is -0.382 e. The van der Waals surface area contributed by atoms with Gasteiger partial charge in [0.05, 0.1) is 13.2 Å². The van der Waals surface area contributed by atoms with Crippen LogP contribution in [-0.4, -0.2) is 41.7 Å². The molecular formula is C11H21N3O2S. The second kappa shape index (κ2) is 7.58. The van der Waals surface area contributed by atoms with E-state index in [0.29, 0.717) is 30.5 Å². The molecule has 1 aromatic rings. The lowest BCUT2D eigenvalue weighted by Gasteiger charge is -2.09. The molecule has 0 aliphatic rings. The van der Waals surface area contributed by atoms with Crippen LogP contribution in [0.3, 0.4) is 0 Å². The first-order valence-electron chi connectivity index (χ1n) is 5.88. The van der Waals surface area contributed by atoms with Gasteiger partial charge >= 0.3 is 0 Å². The lowest BCUT2D eigenvalue weighted by Crippen LogP contribution is -2.09. The van der Waals surface area contributed by atoms with Crippen molar-refractivity contribution in [2.24, 2.45) is 0 Å². The molecular weight excluding hydrogens is 238 g/mol. The smallest absolute Gasteiger partial charge is 0.195 e. The van der Waals surface area contributed by atoms with Crippen molar-refractivity contribution in [3.8, 4) is 0 Å². The van der Waals surface area contributed by atoms with Gasteiger partial charge in [-0.2, -0.15) is 5.10 Å². The topological polar surface area (TPSA) is 52.1 Å². The fourth-order valence-corrected chi connectivity index (χ4v) is 1.79. The number of hydrogen-bond acceptors (Lipinski definition) is 4. The molecule has 0 unspecified atom stereocenters. The molecule has 0 aliphatic heterocycles. The van der Waals surface area contributed by atoms with E-state index >= 15 is 0 Å². The van der Waals surface area contributed by atoms with Crippen molar-refractivity contribution in [2.75, 3.05) is 26.9 Å². The lowest BCUT2D eigenvalue weighted by atomic mass is 10.2. The van der Waals surface area contributed by atoms with E-state index < -0.39 is 0 Å². The molecule has 0 spiro atoms. The Morgan fingerprint density at radius 3 is 2.76 bits per heavy atom. The van der Waals surface area contributed by atoms with Gasteiger partial charge < -0.3 is 14.0 Å². The van der Waals surface area contributed by atoms with Gasteiger partial charge in [0.1, 0.15) is 5.82 Å². The van der Waals surface area contributed by atoms with Crippen molar-refractivity contribution < 1.29 is 9.47 Å². The van der Waals surface area contributed by atoms with Crippen LogP contribution < -0.4 is 0 Å². The van der Waals surface area contributed by atoms with Gasteiger partial charge in [-0.15, -0.1) is 0 Å². The Morgan fingerprint density at radius 1 is 1.35 bits per heavy atom. The Kier molecular flexibility index (Phi) is 6.39. The van der Waals surface area contributed by atoms with Crippen LogP contribution in [0.1, 0.15) is 32.0 Å². The number of hydrogen-bond donors (Lipinski definition) is 1. The van der Waals surface area contributed by atoms with E-state index in [1.165, 1.54) is 0 Å². The average molecular weight is 259 g/mol. The van der Waals surface area contributed by atoms with Crippen molar-refractivity contribution in [1.82, 2.24) is 14.8 Å². The molecule has 98 valence electrons. The summed E-state index contributed by atoms with van der Waals surface area (Å²) in [6.45, 7) is 7.06. The summed E-state index contributed by atoms with van der Waals surface area (Å²) in [4.78, 5) is 0. The molecule has 1 rings (SSSR count). The van der Waals surface area contributed by atoms with Crippen LogP contribution in [0.15, 0.2) is 0 Å². The summed E-state index contributed by atoms with van der Waals surface area (Å²) in [5.41, 5.74) is 0. The minimum absolute atomic E-state index is 0.373. The van der Waals surface area contributed by atoms with Crippen LogP contribution in [0.5, 0.6) is 0 Å². The highest BCUT2D eigenvalue weighted by Crippen LogP contribution is 2.11. The third kappa shape index (κ3) is 4.57. The number of ether oxygens (including phenoxy) is 2. The highest BCUT2D eigenvalue weighted by atomic mass is 32.1. The first kappa shape index (κ1) is 14.3. The molecule has 1 aromatic heterocycles. The van der Waals surface area contributed by atoms with Gasteiger partial charge in [-0.1, -0.05) is 13.8 Å². The lowest BCUT2D eigenvalue weighted by molar-refractivity contribution is 0.0679. The van der Waals surface area contributed by atoms with Crippen LogP contribution >= 0.6 is 12.2 Å². The number of aromatic nitrogens is 3. The third-order valence-corrected chi connectivity index (χ3v) is 2.72. The number of nitrogens with zero attached hydrogens (tertiary/aromatic N) is 2. The molecule has 17 heavy (non-hydrogen) atoms. The molecule has 6 heteroatoms. The van der Waals surface area contributed by atoms with E-state index in [1.807, 2.05) is 4.57 Å². The Hall–Kier alpha value is -0.720. The molecule has 1 N–H and O–H groups in total. The summed E-state index contributed by atoms with van der Waals surface area (Å²) in [6.07, 6.45) is 0.928. The van der Waals surface area contributed by atoms with E-state index in [1.54, 1.807) is 7.11 Å². The van der Waals surface area contributed by atoms with Gasteiger partial charge in [-0.3, -0.25) is 5.10 Å². The summed E-state index contributed by atoms with van der Waals surface area (Å²) >= 11 is 5.20. The van der Waals surface area contributed by atoms with Gasteiger partial charge in [0.25, 0.3) is 0 Å². The van der Waals surface area contributed by atoms with Gasteiger partial charge in [0.2, 0.25) is 0 Å². The monoisotopic (exact) mass is 259 g/mol. The molecule has 0 radical (unpaired) electrons. The third-order valence-electron chi connectivity index (χ3n) is 2.41. The van der Waals surface area contributed by atoms with Gasteiger partial charge in [0.15, 0.2) is 4.77 Å². The van der Waals surface area contributed by atoms with Crippen molar-refractivity contribution >= 4 is 12.2 Å². The number of rotatable bonds is 8. The van der Waals surface area contributed by atoms with Crippen LogP contribution in [0.25, 0.3) is 0 Å². The summed E-state index contributed by atoms with van der Waals surface area (Å²) < 4.78 is 13.0. The molecule has 0 saturated heterocycles. The van der Waals surface area contributed by atoms with Crippen LogP contribution in [-0.2, 0) is 16.0 Å². The summed E-state index contributed by atoms with van der Waals surface area (Å²) in [5, 5.41) is 7.06. The maximum Gasteiger partial charge on any atom is 0.195 e. The summed E-state index contributed by atoms with van der Waals surface area (Å²) in [6, 6.07) is 0. The molecule has 0 atom stereocenters. The second-order valence-electron chi connectivity index (χ2n) is 4.15. The zero-order valence-corrected chi connectivity index (χ0v) is 11.5. The van der Waals surface area contributed by atoms with Gasteiger partial charge in [-0.25, -0.2) is 0 Å². The molecule has 0 amide bonds. The maximum absolute atomic E-state index is 5.41. The normalized spacial score (nSPS) is 11.3. The molecule has 0 aliphatic carbocycles. The zero-order chi connectivity index (χ0) is 12.7. The fourth-order valence-electron chi connectivity index (χ4n) is 1.56. The highest BCUT2D eigenvalue weighted by Gasteiger charge is 2.09. The van der Waals surface area contributed by atoms with E-state index in [4.69, 9.17) is 21.7 Å². The Balaban J connectivity index is 2.36. The molecule has 1 heterocycles. The van der Waals surface area contributed by atoms with Crippen molar-refractivity contribution in [3.05, 3.63) is 10.6 Å². The fraction of sp³-hybridized carbons (Fsp3) is 0.818. The van der Waals surface area contributed by atoms with Crippen LogP contribution in [0.2, 0.25) is 0 Å². The number of methoxy groups -OCH3 is 1.